The van der Waals surface area contributed by atoms with E-state index in [0.29, 0.717) is 16.6 Å². The van der Waals surface area contributed by atoms with Gasteiger partial charge in [-0.15, -0.1) is 0 Å². The Labute approximate surface area is 104 Å². The largest absolute Gasteiger partial charge is 0.378 e. The van der Waals surface area contributed by atoms with Crippen molar-refractivity contribution in [1.29, 1.82) is 0 Å². The number of aromatic nitrogens is 2. The Kier molecular flexibility index (Phi) is 3.36. The lowest BCUT2D eigenvalue weighted by molar-refractivity contribution is 0.981. The van der Waals surface area contributed by atoms with Gasteiger partial charge in [-0.3, -0.25) is 5.10 Å². The number of hydrogen-bond donors (Lipinski definition) is 2. The van der Waals surface area contributed by atoms with Crippen LogP contribution in [0.5, 0.6) is 0 Å². The van der Waals surface area contributed by atoms with Crippen LogP contribution in [0.3, 0.4) is 0 Å². The lowest BCUT2D eigenvalue weighted by Gasteiger charge is -2.09. The van der Waals surface area contributed by atoms with Gasteiger partial charge in [0.25, 0.3) is 0 Å². The number of hydrogen-bond acceptors (Lipinski definition) is 2. The smallest absolute Gasteiger partial charge is 0.0641 e. The molecule has 0 atom stereocenters. The zero-order chi connectivity index (χ0) is 11.5. The second-order valence-electron chi connectivity index (χ2n) is 3.52. The number of anilines is 1. The average Bonchev–Trinajstić information content (AvgIpc) is 2.74. The molecule has 16 heavy (non-hydrogen) atoms. The minimum Gasteiger partial charge on any atom is -0.378 e. The molecule has 2 N–H and O–H groups in total. The highest BCUT2D eigenvalue weighted by atomic mass is 35.5. The summed E-state index contributed by atoms with van der Waals surface area (Å²) in [7, 11) is 0. The Morgan fingerprint density at radius 2 is 2.12 bits per heavy atom. The highest BCUT2D eigenvalue weighted by molar-refractivity contribution is 6.35. The lowest BCUT2D eigenvalue weighted by atomic mass is 10.2. The molecule has 0 unspecified atom stereocenters. The number of benzene rings is 1. The molecule has 0 radical (unpaired) electrons. The number of aromatic amines is 1. The summed E-state index contributed by atoms with van der Waals surface area (Å²) in [6.45, 7) is 2.56. The van der Waals surface area contributed by atoms with Gasteiger partial charge in [0.2, 0.25) is 0 Å². The van der Waals surface area contributed by atoms with Crippen molar-refractivity contribution in [2.24, 2.45) is 0 Å². The summed E-state index contributed by atoms with van der Waals surface area (Å²) < 4.78 is 0. The number of H-pyrrole nitrogens is 1. The molecule has 1 aromatic carbocycles. The van der Waals surface area contributed by atoms with E-state index in [1.807, 2.05) is 25.1 Å². The molecule has 0 saturated carbocycles. The minimum atomic E-state index is 0.638. The molecule has 5 heteroatoms. The third kappa shape index (κ3) is 2.49. The summed E-state index contributed by atoms with van der Waals surface area (Å²) in [6.07, 6.45) is 1.71. The number of aryl methyl sites for hydroxylation is 1. The van der Waals surface area contributed by atoms with Crippen molar-refractivity contribution >= 4 is 28.9 Å². The van der Waals surface area contributed by atoms with E-state index in [4.69, 9.17) is 23.2 Å². The summed E-state index contributed by atoms with van der Waals surface area (Å²) in [6, 6.07) is 5.57. The molecule has 84 valence electrons. The zero-order valence-corrected chi connectivity index (χ0v) is 10.2. The van der Waals surface area contributed by atoms with E-state index >= 15 is 0 Å². The first-order valence-electron chi connectivity index (χ1n) is 4.84. The van der Waals surface area contributed by atoms with Gasteiger partial charge in [0.05, 0.1) is 22.9 Å². The molecular weight excluding hydrogens is 245 g/mol. The molecule has 2 aromatic rings. The van der Waals surface area contributed by atoms with Crippen molar-refractivity contribution < 1.29 is 0 Å². The lowest BCUT2D eigenvalue weighted by Crippen LogP contribution is -2.00. The molecule has 0 saturated heterocycles. The fourth-order valence-electron chi connectivity index (χ4n) is 1.36. The number of nitrogens with one attached hydrogen (secondary N) is 2. The maximum Gasteiger partial charge on any atom is 0.0641 e. The molecule has 0 aliphatic carbocycles. The van der Waals surface area contributed by atoms with Crippen LogP contribution in [0.25, 0.3) is 0 Å². The van der Waals surface area contributed by atoms with E-state index in [1.54, 1.807) is 6.20 Å². The number of nitrogens with zero attached hydrogens (tertiary/aromatic N) is 1. The molecule has 0 spiro atoms. The van der Waals surface area contributed by atoms with Crippen molar-refractivity contribution in [2.45, 2.75) is 13.5 Å². The molecule has 0 aliphatic rings. The molecular formula is C11H11Cl2N3. The van der Waals surface area contributed by atoms with Gasteiger partial charge >= 0.3 is 0 Å². The Balaban J connectivity index is 2.12. The van der Waals surface area contributed by atoms with E-state index < -0.39 is 0 Å². The van der Waals surface area contributed by atoms with E-state index in [1.165, 1.54) is 0 Å². The van der Waals surface area contributed by atoms with Gasteiger partial charge < -0.3 is 5.32 Å². The van der Waals surface area contributed by atoms with Crippen molar-refractivity contribution in [2.75, 3.05) is 5.32 Å². The molecule has 2 rings (SSSR count). The minimum absolute atomic E-state index is 0.638. The first kappa shape index (κ1) is 11.3. The fraction of sp³-hybridized carbons (Fsp3) is 0.182. The van der Waals surface area contributed by atoms with Crippen LogP contribution in [0, 0.1) is 6.92 Å². The van der Waals surface area contributed by atoms with Crippen molar-refractivity contribution in [1.82, 2.24) is 10.2 Å². The van der Waals surface area contributed by atoms with E-state index in [-0.39, 0.29) is 0 Å². The summed E-state index contributed by atoms with van der Waals surface area (Å²) in [5.41, 5.74) is 2.79. The van der Waals surface area contributed by atoms with Gasteiger partial charge in [0, 0.05) is 11.2 Å². The predicted octanol–water partition coefficient (Wildman–Crippen LogP) is 3.64. The van der Waals surface area contributed by atoms with Gasteiger partial charge in [-0.05, 0) is 30.7 Å². The van der Waals surface area contributed by atoms with Crippen molar-refractivity contribution in [3.8, 4) is 0 Å². The Morgan fingerprint density at radius 3 is 2.81 bits per heavy atom. The van der Waals surface area contributed by atoms with Crippen molar-refractivity contribution in [3.63, 3.8) is 0 Å². The highest BCUT2D eigenvalue weighted by Gasteiger charge is 2.04. The van der Waals surface area contributed by atoms with Crippen LogP contribution in [-0.2, 0) is 6.54 Å². The van der Waals surface area contributed by atoms with Gasteiger partial charge in [-0.25, -0.2) is 0 Å². The van der Waals surface area contributed by atoms with Gasteiger partial charge in [-0.1, -0.05) is 23.2 Å². The Bertz CT molecular complexity index is 480. The number of rotatable bonds is 3. The highest BCUT2D eigenvalue weighted by Crippen LogP contribution is 2.28. The van der Waals surface area contributed by atoms with Crippen LogP contribution < -0.4 is 5.32 Å². The van der Waals surface area contributed by atoms with Gasteiger partial charge in [-0.2, -0.15) is 5.10 Å². The quantitative estimate of drug-likeness (QED) is 0.880. The van der Waals surface area contributed by atoms with Crippen LogP contribution in [-0.4, -0.2) is 10.2 Å². The summed E-state index contributed by atoms with van der Waals surface area (Å²) in [5, 5.41) is 11.3. The predicted molar refractivity (Wildman–Crippen MR) is 67.1 cm³/mol. The van der Waals surface area contributed by atoms with Gasteiger partial charge in [0.1, 0.15) is 0 Å². The first-order valence-corrected chi connectivity index (χ1v) is 5.60. The standard InChI is InChI=1S/C11H11Cl2N3/c1-7-4-10(13)11(5-9(7)12)14-6-8-2-3-15-16-8/h2-5,14H,6H2,1H3,(H,15,16). The summed E-state index contributed by atoms with van der Waals surface area (Å²) in [5.74, 6) is 0. The second-order valence-corrected chi connectivity index (χ2v) is 4.33. The van der Waals surface area contributed by atoms with E-state index in [0.717, 1.165) is 16.9 Å². The normalized spacial score (nSPS) is 10.4. The van der Waals surface area contributed by atoms with Crippen molar-refractivity contribution in [3.05, 3.63) is 45.7 Å². The first-order chi connectivity index (χ1) is 7.66. The molecule has 0 bridgehead atoms. The molecule has 1 heterocycles. The molecule has 0 fully saturated rings. The Hall–Kier alpha value is -1.19. The zero-order valence-electron chi connectivity index (χ0n) is 8.72. The van der Waals surface area contributed by atoms with E-state index in [2.05, 4.69) is 15.5 Å². The third-order valence-corrected chi connectivity index (χ3v) is 3.00. The molecule has 3 nitrogen and oxygen atoms in total. The maximum atomic E-state index is 6.09. The molecule has 0 amide bonds. The summed E-state index contributed by atoms with van der Waals surface area (Å²) in [4.78, 5) is 0. The Morgan fingerprint density at radius 1 is 1.31 bits per heavy atom. The van der Waals surface area contributed by atoms with Crippen LogP contribution in [0.15, 0.2) is 24.4 Å². The monoisotopic (exact) mass is 255 g/mol. The van der Waals surface area contributed by atoms with Gasteiger partial charge in [0.15, 0.2) is 0 Å². The number of halogens is 2. The SMILES string of the molecule is Cc1cc(Cl)c(NCc2ccn[nH]2)cc1Cl. The van der Waals surface area contributed by atoms with Crippen LogP contribution >= 0.6 is 23.2 Å². The molecule has 0 aliphatic heterocycles. The van der Waals surface area contributed by atoms with Crippen LogP contribution in [0.1, 0.15) is 11.3 Å². The van der Waals surface area contributed by atoms with Crippen LogP contribution in [0.4, 0.5) is 5.69 Å². The second kappa shape index (κ2) is 4.76. The van der Waals surface area contributed by atoms with E-state index in [9.17, 15) is 0 Å². The summed E-state index contributed by atoms with van der Waals surface area (Å²) >= 11 is 12.1. The average molecular weight is 256 g/mol. The third-order valence-electron chi connectivity index (χ3n) is 2.28. The topological polar surface area (TPSA) is 40.7 Å². The van der Waals surface area contributed by atoms with Crippen LogP contribution in [0.2, 0.25) is 10.0 Å². The molecule has 1 aromatic heterocycles. The maximum absolute atomic E-state index is 6.09. The fourth-order valence-corrected chi connectivity index (χ4v) is 1.80.